The zero-order chi connectivity index (χ0) is 13.1. The van der Waals surface area contributed by atoms with Crippen molar-refractivity contribution in [3.8, 4) is 5.75 Å². The lowest BCUT2D eigenvalue weighted by atomic mass is 10.2. The molecule has 0 spiro atoms. The van der Waals surface area contributed by atoms with Gasteiger partial charge in [0.05, 0.1) is 11.8 Å². The van der Waals surface area contributed by atoms with Crippen molar-refractivity contribution >= 4 is 11.7 Å². The number of amides is 1. The first-order valence-corrected chi connectivity index (χ1v) is 5.42. The summed E-state index contributed by atoms with van der Waals surface area (Å²) in [5.41, 5.74) is 6.73. The summed E-state index contributed by atoms with van der Waals surface area (Å²) in [5, 5.41) is 16.2. The van der Waals surface area contributed by atoms with Crippen LogP contribution in [0.1, 0.15) is 15.9 Å². The van der Waals surface area contributed by atoms with Crippen molar-refractivity contribution in [2.75, 3.05) is 5.73 Å². The van der Waals surface area contributed by atoms with Crippen molar-refractivity contribution in [3.63, 3.8) is 0 Å². The SMILES string of the molecule is Cn1ncc(CNC(=O)c2ccccc2O)c1N. The molecule has 1 aromatic heterocycles. The van der Waals surface area contributed by atoms with Gasteiger partial charge in [0.25, 0.3) is 5.91 Å². The standard InChI is InChI=1S/C12H14N4O2/c1-16-11(13)8(7-15-16)6-14-12(18)9-4-2-3-5-10(9)17/h2-5,7,17H,6,13H2,1H3,(H,14,18). The predicted octanol–water partition coefficient (Wildman–Crippen LogP) is 0.638. The van der Waals surface area contributed by atoms with E-state index in [1.54, 1.807) is 31.4 Å². The molecule has 2 aromatic rings. The second kappa shape index (κ2) is 4.79. The van der Waals surface area contributed by atoms with Crippen LogP contribution in [-0.2, 0) is 13.6 Å². The Labute approximate surface area is 104 Å². The van der Waals surface area contributed by atoms with Crippen LogP contribution in [0.25, 0.3) is 0 Å². The topological polar surface area (TPSA) is 93.2 Å². The molecule has 1 amide bonds. The highest BCUT2D eigenvalue weighted by molar-refractivity contribution is 5.96. The molecular weight excluding hydrogens is 232 g/mol. The largest absolute Gasteiger partial charge is 0.507 e. The average molecular weight is 246 g/mol. The van der Waals surface area contributed by atoms with Crippen molar-refractivity contribution in [1.82, 2.24) is 15.1 Å². The third-order valence-electron chi connectivity index (χ3n) is 2.65. The van der Waals surface area contributed by atoms with Gasteiger partial charge in [-0.3, -0.25) is 9.48 Å². The molecule has 0 saturated heterocycles. The molecule has 0 bridgehead atoms. The van der Waals surface area contributed by atoms with E-state index in [1.807, 2.05) is 0 Å². The average Bonchev–Trinajstić information content (AvgIpc) is 2.68. The number of phenolic OH excluding ortho intramolecular Hbond substituents is 1. The van der Waals surface area contributed by atoms with Gasteiger partial charge in [-0.25, -0.2) is 0 Å². The fourth-order valence-corrected chi connectivity index (χ4v) is 1.57. The molecule has 1 aromatic carbocycles. The number of hydrogen-bond donors (Lipinski definition) is 3. The van der Waals surface area contributed by atoms with Crippen molar-refractivity contribution in [2.24, 2.45) is 7.05 Å². The first kappa shape index (κ1) is 12.0. The quantitative estimate of drug-likeness (QED) is 0.740. The van der Waals surface area contributed by atoms with Crippen LogP contribution in [0.2, 0.25) is 0 Å². The Bertz CT molecular complexity index is 577. The van der Waals surface area contributed by atoms with Crippen LogP contribution in [0.4, 0.5) is 5.82 Å². The lowest BCUT2D eigenvalue weighted by molar-refractivity contribution is 0.0948. The van der Waals surface area contributed by atoms with Gasteiger partial charge in [-0.05, 0) is 12.1 Å². The minimum absolute atomic E-state index is 0.0471. The zero-order valence-electron chi connectivity index (χ0n) is 9.92. The Morgan fingerprint density at radius 1 is 1.50 bits per heavy atom. The molecule has 0 atom stereocenters. The van der Waals surface area contributed by atoms with E-state index in [2.05, 4.69) is 10.4 Å². The lowest BCUT2D eigenvalue weighted by Crippen LogP contribution is -2.23. The molecule has 2 rings (SSSR count). The van der Waals surface area contributed by atoms with E-state index in [-0.39, 0.29) is 23.8 Å². The fourth-order valence-electron chi connectivity index (χ4n) is 1.57. The van der Waals surface area contributed by atoms with Crippen molar-refractivity contribution in [3.05, 3.63) is 41.6 Å². The Morgan fingerprint density at radius 2 is 2.22 bits per heavy atom. The number of carbonyl (C=O) groups is 1. The second-order valence-electron chi connectivity index (χ2n) is 3.88. The monoisotopic (exact) mass is 246 g/mol. The molecule has 18 heavy (non-hydrogen) atoms. The molecule has 6 heteroatoms. The third-order valence-corrected chi connectivity index (χ3v) is 2.65. The highest BCUT2D eigenvalue weighted by Crippen LogP contribution is 2.15. The normalized spacial score (nSPS) is 10.3. The van der Waals surface area contributed by atoms with Crippen LogP contribution in [-0.4, -0.2) is 20.8 Å². The summed E-state index contributed by atoms with van der Waals surface area (Å²) < 4.78 is 1.53. The van der Waals surface area contributed by atoms with Crippen LogP contribution in [0.15, 0.2) is 30.5 Å². The molecule has 0 radical (unpaired) electrons. The number of nitrogens with two attached hydrogens (primary N) is 1. The molecule has 0 aliphatic rings. The van der Waals surface area contributed by atoms with Gasteiger partial charge in [0.1, 0.15) is 11.6 Å². The van der Waals surface area contributed by atoms with Crippen LogP contribution in [0, 0.1) is 0 Å². The molecule has 6 nitrogen and oxygen atoms in total. The van der Waals surface area contributed by atoms with Gasteiger partial charge in [-0.15, -0.1) is 0 Å². The van der Waals surface area contributed by atoms with Crippen molar-refractivity contribution in [1.29, 1.82) is 0 Å². The highest BCUT2D eigenvalue weighted by atomic mass is 16.3. The number of carbonyl (C=O) groups excluding carboxylic acids is 1. The maximum atomic E-state index is 11.8. The van der Waals surface area contributed by atoms with Gasteiger partial charge >= 0.3 is 0 Å². The van der Waals surface area contributed by atoms with Crippen molar-refractivity contribution in [2.45, 2.75) is 6.54 Å². The second-order valence-corrected chi connectivity index (χ2v) is 3.88. The number of phenols is 1. The first-order valence-electron chi connectivity index (χ1n) is 5.42. The number of benzene rings is 1. The van der Waals surface area contributed by atoms with Crippen LogP contribution < -0.4 is 11.1 Å². The Kier molecular flexibility index (Phi) is 3.18. The van der Waals surface area contributed by atoms with Gasteiger partial charge in [-0.2, -0.15) is 5.10 Å². The third kappa shape index (κ3) is 2.27. The summed E-state index contributed by atoms with van der Waals surface area (Å²) in [4.78, 5) is 11.8. The van der Waals surface area contributed by atoms with Gasteiger partial charge in [0.15, 0.2) is 0 Å². The van der Waals surface area contributed by atoms with Crippen LogP contribution in [0.3, 0.4) is 0 Å². The number of aryl methyl sites for hydroxylation is 1. The number of para-hydroxylation sites is 1. The zero-order valence-corrected chi connectivity index (χ0v) is 9.92. The number of nitrogens with one attached hydrogen (secondary N) is 1. The van der Waals surface area contributed by atoms with E-state index in [0.29, 0.717) is 5.82 Å². The molecule has 0 unspecified atom stereocenters. The van der Waals surface area contributed by atoms with Gasteiger partial charge < -0.3 is 16.2 Å². The summed E-state index contributed by atoms with van der Waals surface area (Å²) in [6.07, 6.45) is 1.60. The van der Waals surface area contributed by atoms with Gasteiger partial charge in [0, 0.05) is 19.2 Å². The summed E-state index contributed by atoms with van der Waals surface area (Å²) in [6, 6.07) is 6.36. The number of nitrogens with zero attached hydrogens (tertiary/aromatic N) is 2. The summed E-state index contributed by atoms with van der Waals surface area (Å²) in [6.45, 7) is 0.271. The smallest absolute Gasteiger partial charge is 0.255 e. The highest BCUT2D eigenvalue weighted by Gasteiger charge is 2.11. The number of aromatic nitrogens is 2. The number of anilines is 1. The Balaban J connectivity index is 2.05. The first-order chi connectivity index (χ1) is 8.59. The van der Waals surface area contributed by atoms with Crippen LogP contribution >= 0.6 is 0 Å². The molecule has 4 N–H and O–H groups in total. The molecular formula is C12H14N4O2. The molecule has 0 fully saturated rings. The molecule has 0 saturated carbocycles. The van der Waals surface area contributed by atoms with Crippen molar-refractivity contribution < 1.29 is 9.90 Å². The Hall–Kier alpha value is -2.50. The molecule has 1 heterocycles. The number of nitrogen functional groups attached to an aromatic ring is 1. The summed E-state index contributed by atoms with van der Waals surface area (Å²) >= 11 is 0. The minimum Gasteiger partial charge on any atom is -0.507 e. The fraction of sp³-hybridized carbons (Fsp3) is 0.167. The van der Waals surface area contributed by atoms with E-state index in [4.69, 9.17) is 5.73 Å². The maximum Gasteiger partial charge on any atom is 0.255 e. The van der Waals surface area contributed by atoms with Gasteiger partial charge in [-0.1, -0.05) is 12.1 Å². The van der Waals surface area contributed by atoms with E-state index < -0.39 is 0 Å². The minimum atomic E-state index is -0.351. The van der Waals surface area contributed by atoms with E-state index >= 15 is 0 Å². The van der Waals surface area contributed by atoms with E-state index in [0.717, 1.165) is 5.56 Å². The number of aromatic hydroxyl groups is 1. The molecule has 0 aliphatic heterocycles. The Morgan fingerprint density at radius 3 is 2.83 bits per heavy atom. The van der Waals surface area contributed by atoms with E-state index in [9.17, 15) is 9.90 Å². The summed E-state index contributed by atoms with van der Waals surface area (Å²) in [5.74, 6) is 0.109. The molecule has 94 valence electrons. The van der Waals surface area contributed by atoms with E-state index in [1.165, 1.54) is 10.7 Å². The number of rotatable bonds is 3. The van der Waals surface area contributed by atoms with Gasteiger partial charge in [0.2, 0.25) is 0 Å². The molecule has 0 aliphatic carbocycles. The summed E-state index contributed by atoms with van der Waals surface area (Å²) in [7, 11) is 1.73. The maximum absolute atomic E-state index is 11.8. The predicted molar refractivity (Wildman–Crippen MR) is 66.9 cm³/mol. The number of hydrogen-bond acceptors (Lipinski definition) is 4. The van der Waals surface area contributed by atoms with Crippen LogP contribution in [0.5, 0.6) is 5.75 Å². The lowest BCUT2D eigenvalue weighted by Gasteiger charge is -2.06.